The normalized spacial score (nSPS) is 9.60. The molecule has 7 rings (SSSR count). The third-order valence-electron chi connectivity index (χ3n) is 6.36. The first-order chi connectivity index (χ1) is 22.0. The molecule has 0 unspecified atom stereocenters. The van der Waals surface area contributed by atoms with Crippen LogP contribution in [0.25, 0.3) is 44.1 Å². The number of aromatic nitrogens is 5. The fraction of sp³-hybridized carbons (Fsp3) is 0.0833. The molecule has 5 aromatic heterocycles. The molecule has 0 aliphatic heterocycles. The number of hydrogen-bond acceptors (Lipinski definition) is 10. The van der Waals surface area contributed by atoms with Gasteiger partial charge >= 0.3 is 51.4 Å². The number of carbonyl (C=O) groups excluding carboxylic acids is 2. The van der Waals surface area contributed by atoms with Gasteiger partial charge in [-0.25, -0.2) is 4.98 Å². The van der Waals surface area contributed by atoms with Crippen molar-refractivity contribution in [1.82, 2.24) is 24.9 Å². The summed E-state index contributed by atoms with van der Waals surface area (Å²) in [4.78, 5) is 42.6. The summed E-state index contributed by atoms with van der Waals surface area (Å²) in [6.45, 7) is 3.43. The zero-order chi connectivity index (χ0) is 32.0. The SMILES string of the molecule is CC(=O)c1ccccn1.CCO.Nc1c(C=O)ccc2cccnc12.[K+].[OH-].c1ccc(-c2ccc3ccc4cccnc4c3n2)nc1. The van der Waals surface area contributed by atoms with Crippen LogP contribution in [0.2, 0.25) is 0 Å². The van der Waals surface area contributed by atoms with Crippen LogP contribution < -0.4 is 57.1 Å². The number of nitrogens with two attached hydrogens (primary N) is 1. The summed E-state index contributed by atoms with van der Waals surface area (Å²) < 4.78 is 0. The van der Waals surface area contributed by atoms with Crippen LogP contribution in [0.15, 0.2) is 122 Å². The van der Waals surface area contributed by atoms with Crippen LogP contribution in [-0.2, 0) is 0 Å². The number of carbonyl (C=O) groups is 2. The maximum Gasteiger partial charge on any atom is 1.00 e. The maximum atomic E-state index is 10.6. The Morgan fingerprint density at radius 3 is 1.77 bits per heavy atom. The average molecular weight is 653 g/mol. The third kappa shape index (κ3) is 10.6. The number of pyridine rings is 5. The van der Waals surface area contributed by atoms with Gasteiger partial charge in [0.05, 0.1) is 33.6 Å². The number of anilines is 1. The van der Waals surface area contributed by atoms with Crippen LogP contribution in [-0.4, -0.2) is 54.2 Å². The third-order valence-corrected chi connectivity index (χ3v) is 6.36. The maximum absolute atomic E-state index is 10.6. The van der Waals surface area contributed by atoms with Crippen molar-refractivity contribution in [2.24, 2.45) is 0 Å². The molecule has 0 amide bonds. The molecule has 232 valence electrons. The second-order valence-electron chi connectivity index (χ2n) is 9.47. The van der Waals surface area contributed by atoms with Crippen LogP contribution in [0.3, 0.4) is 0 Å². The minimum atomic E-state index is 0. The van der Waals surface area contributed by atoms with E-state index in [9.17, 15) is 9.59 Å². The quantitative estimate of drug-likeness (QED) is 0.0944. The molecule has 0 saturated heterocycles. The summed E-state index contributed by atoms with van der Waals surface area (Å²) in [6, 6.07) is 30.6. The van der Waals surface area contributed by atoms with E-state index in [1.54, 1.807) is 56.0 Å². The van der Waals surface area contributed by atoms with Crippen molar-refractivity contribution in [1.29, 1.82) is 0 Å². The molecule has 2 aromatic carbocycles. The number of nitrogen functional groups attached to an aromatic ring is 1. The monoisotopic (exact) mass is 652 g/mol. The Labute approximate surface area is 314 Å². The van der Waals surface area contributed by atoms with Gasteiger partial charge in [0.2, 0.25) is 0 Å². The van der Waals surface area contributed by atoms with Gasteiger partial charge in [-0.15, -0.1) is 0 Å². The largest absolute Gasteiger partial charge is 1.00 e. The second-order valence-corrected chi connectivity index (χ2v) is 9.47. The van der Waals surface area contributed by atoms with Gasteiger partial charge in [0.1, 0.15) is 5.69 Å². The Morgan fingerprint density at radius 1 is 0.681 bits per heavy atom. The first-order valence-electron chi connectivity index (χ1n) is 14.1. The predicted molar refractivity (Wildman–Crippen MR) is 181 cm³/mol. The van der Waals surface area contributed by atoms with Crippen molar-refractivity contribution in [2.75, 3.05) is 12.3 Å². The van der Waals surface area contributed by atoms with Crippen molar-refractivity contribution in [3.8, 4) is 11.4 Å². The molecule has 0 aliphatic carbocycles. The fourth-order valence-electron chi connectivity index (χ4n) is 4.24. The number of fused-ring (bicyclic) bond motifs is 4. The van der Waals surface area contributed by atoms with Crippen LogP contribution in [0.1, 0.15) is 34.7 Å². The van der Waals surface area contributed by atoms with E-state index in [1.165, 1.54) is 6.92 Å². The minimum absolute atomic E-state index is 0. The Kier molecular flexibility index (Phi) is 16.5. The molecule has 0 fully saturated rings. The molecule has 10 nitrogen and oxygen atoms in total. The smallest absolute Gasteiger partial charge is 0.870 e. The van der Waals surface area contributed by atoms with E-state index >= 15 is 0 Å². The first kappa shape index (κ1) is 38.8. The summed E-state index contributed by atoms with van der Waals surface area (Å²) in [5.74, 6) is 0.00981. The van der Waals surface area contributed by atoms with Gasteiger partial charge in [-0.2, -0.15) is 0 Å². The molecule has 0 radical (unpaired) electrons. The number of aldehydes is 1. The molecule has 11 heteroatoms. The Hall–Kier alpha value is -4.33. The summed E-state index contributed by atoms with van der Waals surface area (Å²) in [6.07, 6.45) is 7.59. The molecule has 5 heterocycles. The molecule has 47 heavy (non-hydrogen) atoms. The van der Waals surface area contributed by atoms with Crippen molar-refractivity contribution in [3.05, 3.63) is 133 Å². The number of benzene rings is 2. The predicted octanol–water partition coefficient (Wildman–Crippen LogP) is 3.58. The summed E-state index contributed by atoms with van der Waals surface area (Å²) >= 11 is 0. The molecule has 0 bridgehead atoms. The van der Waals surface area contributed by atoms with Crippen LogP contribution in [0, 0.1) is 0 Å². The van der Waals surface area contributed by atoms with E-state index in [1.807, 2.05) is 48.5 Å². The zero-order valence-electron chi connectivity index (χ0n) is 26.4. The molecule has 0 spiro atoms. The molecular weight excluding hydrogens is 620 g/mol. The molecular formula is C36H33KN6O4. The zero-order valence-corrected chi connectivity index (χ0v) is 29.5. The van der Waals surface area contributed by atoms with Gasteiger partial charge in [-0.1, -0.05) is 48.5 Å². The van der Waals surface area contributed by atoms with Crippen LogP contribution in [0.5, 0.6) is 0 Å². The first-order valence-corrected chi connectivity index (χ1v) is 14.1. The van der Waals surface area contributed by atoms with Gasteiger partial charge in [0, 0.05) is 60.0 Å². The number of ketones is 1. The molecule has 0 saturated carbocycles. The van der Waals surface area contributed by atoms with Gasteiger partial charge < -0.3 is 16.3 Å². The van der Waals surface area contributed by atoms with Gasteiger partial charge in [0.15, 0.2) is 12.1 Å². The molecule has 0 atom stereocenters. The fourth-order valence-corrected chi connectivity index (χ4v) is 4.24. The number of aliphatic hydroxyl groups excluding tert-OH is 1. The summed E-state index contributed by atoms with van der Waals surface area (Å²) in [5.41, 5.74) is 11.5. The number of hydrogen-bond donors (Lipinski definition) is 2. The minimum Gasteiger partial charge on any atom is -0.870 e. The van der Waals surface area contributed by atoms with Crippen molar-refractivity contribution in [2.45, 2.75) is 13.8 Å². The van der Waals surface area contributed by atoms with E-state index in [4.69, 9.17) is 15.8 Å². The topological polar surface area (TPSA) is 175 Å². The number of nitrogens with zero attached hydrogens (tertiary/aromatic N) is 5. The standard InChI is InChI=1S/C17H11N3.C10H8N2O.C7H7NO.C2H6O.K.H2O/c1-2-10-18-14(5-1)15-9-8-13-7-6-12-4-3-11-19-16(12)17(13)20-15;11-9-8(6-13)4-3-7-2-1-5-12-10(7)9;1-6(9)7-4-2-3-5-8-7;1-2-3;;/h1-11H;1-6H,11H2;2-5H,1H3;3H,2H2,1H3;;1H2/q;;;;+1;/p-1. The summed E-state index contributed by atoms with van der Waals surface area (Å²) in [7, 11) is 0. The van der Waals surface area contributed by atoms with Crippen molar-refractivity contribution in [3.63, 3.8) is 0 Å². The van der Waals surface area contributed by atoms with Crippen molar-refractivity contribution >= 4 is 50.5 Å². The Morgan fingerprint density at radius 2 is 1.21 bits per heavy atom. The molecule has 0 aliphatic rings. The van der Waals surface area contributed by atoms with E-state index in [2.05, 4.69) is 44.2 Å². The Balaban J connectivity index is 0.000000247. The molecule has 7 aromatic rings. The van der Waals surface area contributed by atoms with Gasteiger partial charge in [-0.05, 0) is 55.5 Å². The number of Topliss-reactive ketones (excluding diaryl/α,β-unsaturated/α-hetero) is 1. The second kappa shape index (κ2) is 20.0. The van der Waals surface area contributed by atoms with E-state index in [-0.39, 0.29) is 69.3 Å². The molecule has 4 N–H and O–H groups in total. The van der Waals surface area contributed by atoms with Crippen LogP contribution in [0.4, 0.5) is 5.69 Å². The number of rotatable bonds is 3. The van der Waals surface area contributed by atoms with Crippen LogP contribution >= 0.6 is 0 Å². The Bertz CT molecular complexity index is 2030. The van der Waals surface area contributed by atoms with Gasteiger partial charge in [-0.3, -0.25) is 29.5 Å². The van der Waals surface area contributed by atoms with Gasteiger partial charge in [0.25, 0.3) is 0 Å². The van der Waals surface area contributed by atoms with E-state index < -0.39 is 0 Å². The summed E-state index contributed by atoms with van der Waals surface area (Å²) in [5, 5.41) is 10.7. The van der Waals surface area contributed by atoms with Crippen molar-refractivity contribution < 1.29 is 71.6 Å². The number of aliphatic hydroxyl groups is 1. The average Bonchev–Trinajstić information content (AvgIpc) is 3.10. The van der Waals surface area contributed by atoms with E-state index in [0.29, 0.717) is 22.5 Å². The van der Waals surface area contributed by atoms with E-state index in [0.717, 1.165) is 44.9 Å².